The molecule has 0 radical (unpaired) electrons. The molecule has 1 fully saturated rings. The molecule has 1 atom stereocenters. The number of ether oxygens (including phenoxy) is 1. The van der Waals surface area contributed by atoms with Gasteiger partial charge in [-0.05, 0) is 13.3 Å². The van der Waals surface area contributed by atoms with Crippen molar-refractivity contribution < 1.29 is 22.7 Å². The maximum atomic E-state index is 12.2. The smallest absolute Gasteiger partial charge is 0.342 e. The molecule has 1 aliphatic rings. The zero-order valence-electron chi connectivity index (χ0n) is 11.4. The highest BCUT2D eigenvalue weighted by atomic mass is 32.2. The van der Waals surface area contributed by atoms with Gasteiger partial charge in [0.1, 0.15) is 5.56 Å². The summed E-state index contributed by atoms with van der Waals surface area (Å²) in [7, 11) is -3.94. The highest BCUT2D eigenvalue weighted by Gasteiger charge is 2.28. The highest BCUT2D eigenvalue weighted by Crippen LogP contribution is 2.14. The van der Waals surface area contributed by atoms with E-state index in [2.05, 4.69) is 20.2 Å². The minimum absolute atomic E-state index is 0.0510. The Morgan fingerprint density at radius 3 is 2.95 bits per heavy atom. The van der Waals surface area contributed by atoms with E-state index in [1.807, 2.05) is 0 Å². The van der Waals surface area contributed by atoms with Crippen molar-refractivity contribution >= 4 is 21.9 Å². The molecular formula is C11H16N4O5S. The van der Waals surface area contributed by atoms with Crippen molar-refractivity contribution in [2.24, 2.45) is 0 Å². The van der Waals surface area contributed by atoms with E-state index in [1.54, 1.807) is 6.92 Å². The van der Waals surface area contributed by atoms with Gasteiger partial charge in [-0.3, -0.25) is 9.89 Å². The van der Waals surface area contributed by atoms with Crippen LogP contribution >= 0.6 is 0 Å². The van der Waals surface area contributed by atoms with Crippen molar-refractivity contribution in [1.82, 2.24) is 20.2 Å². The molecule has 21 heavy (non-hydrogen) atoms. The van der Waals surface area contributed by atoms with Gasteiger partial charge in [0.15, 0.2) is 5.03 Å². The van der Waals surface area contributed by atoms with Gasteiger partial charge in [0.25, 0.3) is 10.0 Å². The van der Waals surface area contributed by atoms with Gasteiger partial charge >= 0.3 is 5.97 Å². The summed E-state index contributed by atoms with van der Waals surface area (Å²) in [6.07, 6.45) is 2.05. The summed E-state index contributed by atoms with van der Waals surface area (Å²) in [5.74, 6) is -0.867. The number of rotatable bonds is 6. The van der Waals surface area contributed by atoms with Gasteiger partial charge in [-0.15, -0.1) is 0 Å². The van der Waals surface area contributed by atoms with E-state index < -0.39 is 16.0 Å². The zero-order chi connectivity index (χ0) is 15.5. The summed E-state index contributed by atoms with van der Waals surface area (Å²) < 4.78 is 31.4. The summed E-state index contributed by atoms with van der Waals surface area (Å²) in [5.41, 5.74) is -0.153. The molecule has 1 aromatic rings. The van der Waals surface area contributed by atoms with Gasteiger partial charge in [0, 0.05) is 19.0 Å². The van der Waals surface area contributed by atoms with E-state index in [1.165, 1.54) is 0 Å². The van der Waals surface area contributed by atoms with Crippen molar-refractivity contribution in [2.75, 3.05) is 13.2 Å². The summed E-state index contributed by atoms with van der Waals surface area (Å²) in [5, 5.41) is 8.15. The summed E-state index contributed by atoms with van der Waals surface area (Å²) >= 11 is 0. The van der Waals surface area contributed by atoms with Gasteiger partial charge in [-0.1, -0.05) is 0 Å². The predicted octanol–water partition coefficient (Wildman–Crippen LogP) is -0.857. The Hall–Kier alpha value is -1.94. The van der Waals surface area contributed by atoms with Gasteiger partial charge < -0.3 is 10.1 Å². The third kappa shape index (κ3) is 3.58. The average molecular weight is 316 g/mol. The van der Waals surface area contributed by atoms with E-state index in [0.717, 1.165) is 6.20 Å². The third-order valence-corrected chi connectivity index (χ3v) is 4.37. The van der Waals surface area contributed by atoms with Crippen LogP contribution in [0.4, 0.5) is 0 Å². The lowest BCUT2D eigenvalue weighted by molar-refractivity contribution is -0.119. The molecule has 0 aliphatic carbocycles. The standard InChI is InChI=1S/C11H16N4O5S/c1-2-20-11(17)8-6-12-15-10(8)21(18,19)13-5-7-3-4-9(16)14-7/h6-7,13H,2-5H2,1H3,(H,12,15)(H,14,16). The van der Waals surface area contributed by atoms with Crippen molar-refractivity contribution in [3.8, 4) is 0 Å². The molecule has 10 heteroatoms. The Morgan fingerprint density at radius 2 is 2.33 bits per heavy atom. The number of carbonyl (C=O) groups excluding carboxylic acids is 2. The van der Waals surface area contributed by atoms with Gasteiger partial charge in [-0.2, -0.15) is 5.10 Å². The number of nitrogens with zero attached hydrogens (tertiary/aromatic N) is 1. The van der Waals surface area contributed by atoms with Crippen LogP contribution in [0.1, 0.15) is 30.1 Å². The van der Waals surface area contributed by atoms with E-state index >= 15 is 0 Å². The molecule has 9 nitrogen and oxygen atoms in total. The van der Waals surface area contributed by atoms with Crippen LogP contribution in [0.15, 0.2) is 11.2 Å². The third-order valence-electron chi connectivity index (χ3n) is 2.97. The number of nitrogens with one attached hydrogen (secondary N) is 3. The van der Waals surface area contributed by atoms with Crippen molar-refractivity contribution in [2.45, 2.75) is 30.8 Å². The molecule has 0 saturated carbocycles. The first kappa shape index (κ1) is 15.4. The molecule has 2 rings (SSSR count). The van der Waals surface area contributed by atoms with Crippen LogP contribution in [-0.2, 0) is 19.6 Å². The van der Waals surface area contributed by atoms with Crippen molar-refractivity contribution in [3.63, 3.8) is 0 Å². The molecule has 0 spiro atoms. The van der Waals surface area contributed by atoms with Gasteiger partial charge in [0.05, 0.1) is 12.8 Å². The molecule has 2 heterocycles. The number of esters is 1. The number of hydrogen-bond acceptors (Lipinski definition) is 6. The Balaban J connectivity index is 2.07. The Bertz CT molecular complexity index is 639. The van der Waals surface area contributed by atoms with Crippen LogP contribution in [0.2, 0.25) is 0 Å². The molecule has 1 aliphatic heterocycles. The van der Waals surface area contributed by atoms with Crippen LogP contribution in [-0.4, -0.2) is 49.7 Å². The molecule has 1 aromatic heterocycles. The molecule has 0 aromatic carbocycles. The van der Waals surface area contributed by atoms with Crippen LogP contribution in [0.3, 0.4) is 0 Å². The average Bonchev–Trinajstić information content (AvgIpc) is 3.05. The number of carbonyl (C=O) groups is 2. The lowest BCUT2D eigenvalue weighted by Gasteiger charge is -2.11. The minimum Gasteiger partial charge on any atom is -0.462 e. The monoisotopic (exact) mass is 316 g/mol. The molecule has 116 valence electrons. The number of aromatic nitrogens is 2. The summed E-state index contributed by atoms with van der Waals surface area (Å²) in [4.78, 5) is 22.7. The van der Waals surface area contributed by atoms with Crippen LogP contribution < -0.4 is 10.0 Å². The minimum atomic E-state index is -3.94. The topological polar surface area (TPSA) is 130 Å². The van der Waals surface area contributed by atoms with Crippen LogP contribution in [0, 0.1) is 0 Å². The van der Waals surface area contributed by atoms with Crippen LogP contribution in [0.25, 0.3) is 0 Å². The fraction of sp³-hybridized carbons (Fsp3) is 0.545. The first-order chi connectivity index (χ1) is 9.94. The number of sulfonamides is 1. The molecule has 1 amide bonds. The second-order valence-corrected chi connectivity index (χ2v) is 6.19. The second kappa shape index (κ2) is 6.22. The number of hydrogen-bond donors (Lipinski definition) is 3. The van der Waals surface area contributed by atoms with Crippen molar-refractivity contribution in [3.05, 3.63) is 11.8 Å². The number of amides is 1. The quantitative estimate of drug-likeness (QED) is 0.586. The first-order valence-electron chi connectivity index (χ1n) is 6.43. The van der Waals surface area contributed by atoms with Gasteiger partial charge in [-0.25, -0.2) is 17.9 Å². The fourth-order valence-electron chi connectivity index (χ4n) is 1.95. The lowest BCUT2D eigenvalue weighted by Crippen LogP contribution is -2.38. The lowest BCUT2D eigenvalue weighted by atomic mass is 10.2. The molecular weight excluding hydrogens is 300 g/mol. The fourth-order valence-corrected chi connectivity index (χ4v) is 3.11. The number of H-pyrrole nitrogens is 1. The second-order valence-electron chi connectivity index (χ2n) is 4.49. The first-order valence-corrected chi connectivity index (χ1v) is 7.92. The maximum Gasteiger partial charge on any atom is 0.342 e. The number of aromatic amines is 1. The molecule has 0 bridgehead atoms. The highest BCUT2D eigenvalue weighted by molar-refractivity contribution is 7.89. The Labute approximate surface area is 121 Å². The molecule has 3 N–H and O–H groups in total. The SMILES string of the molecule is CCOC(=O)c1cn[nH]c1S(=O)(=O)NCC1CCC(=O)N1. The Morgan fingerprint density at radius 1 is 1.57 bits per heavy atom. The zero-order valence-corrected chi connectivity index (χ0v) is 12.2. The molecule has 1 unspecified atom stereocenters. The van der Waals surface area contributed by atoms with E-state index in [0.29, 0.717) is 12.8 Å². The summed E-state index contributed by atoms with van der Waals surface area (Å²) in [6.45, 7) is 1.80. The Kier molecular flexibility index (Phi) is 4.58. The summed E-state index contributed by atoms with van der Waals surface area (Å²) in [6, 6.07) is -0.249. The van der Waals surface area contributed by atoms with E-state index in [-0.39, 0.29) is 35.7 Å². The normalized spacial score (nSPS) is 18.5. The van der Waals surface area contributed by atoms with Crippen LogP contribution in [0.5, 0.6) is 0 Å². The van der Waals surface area contributed by atoms with Crippen molar-refractivity contribution in [1.29, 1.82) is 0 Å². The van der Waals surface area contributed by atoms with Gasteiger partial charge in [0.2, 0.25) is 5.91 Å². The predicted molar refractivity (Wildman–Crippen MR) is 70.9 cm³/mol. The molecule has 1 saturated heterocycles. The largest absolute Gasteiger partial charge is 0.462 e. The maximum absolute atomic E-state index is 12.2. The van der Waals surface area contributed by atoms with E-state index in [4.69, 9.17) is 4.74 Å². The van der Waals surface area contributed by atoms with E-state index in [9.17, 15) is 18.0 Å².